The van der Waals surface area contributed by atoms with E-state index in [1.54, 1.807) is 37.5 Å². The van der Waals surface area contributed by atoms with Gasteiger partial charge in [0.25, 0.3) is 5.91 Å². The Morgan fingerprint density at radius 2 is 1.71 bits per heavy atom. The number of aryl methyl sites for hydroxylation is 1. The first-order valence-electron chi connectivity index (χ1n) is 13.3. The summed E-state index contributed by atoms with van der Waals surface area (Å²) in [5, 5.41) is 13.5. The quantitative estimate of drug-likeness (QED) is 0.186. The number of nitrogens with zero attached hydrogens (tertiary/aromatic N) is 4. The Morgan fingerprint density at radius 3 is 2.42 bits per heavy atom. The molecule has 6 aromatic rings. The average Bonchev–Trinajstić information content (AvgIpc) is 3.03. The number of aromatic nitrogens is 4. The average molecular weight is 628 g/mol. The second kappa shape index (κ2) is 12.9. The van der Waals surface area contributed by atoms with E-state index in [2.05, 4.69) is 25.3 Å². The highest BCUT2D eigenvalue weighted by Crippen LogP contribution is 2.37. The number of carbonyl (C=O) groups is 1. The predicted octanol–water partition coefficient (Wildman–Crippen LogP) is 7.52. The molecule has 0 saturated heterocycles. The van der Waals surface area contributed by atoms with Gasteiger partial charge in [-0.1, -0.05) is 18.2 Å². The molecule has 0 radical (unpaired) electrons. The van der Waals surface area contributed by atoms with Crippen molar-refractivity contribution >= 4 is 35.0 Å². The smallest absolute Gasteiger partial charge is 0.261 e. The summed E-state index contributed by atoms with van der Waals surface area (Å²) >= 11 is 0. The minimum absolute atomic E-state index is 0. The van der Waals surface area contributed by atoms with Crippen molar-refractivity contribution < 1.29 is 28.2 Å². The van der Waals surface area contributed by atoms with Crippen LogP contribution in [0.3, 0.4) is 0 Å². The van der Waals surface area contributed by atoms with E-state index in [-0.39, 0.29) is 46.5 Å². The van der Waals surface area contributed by atoms with E-state index in [4.69, 9.17) is 9.47 Å². The number of hydrogen-bond donors (Lipinski definition) is 2. The number of nitrogens with one attached hydrogen (secondary N) is 1. The van der Waals surface area contributed by atoms with Crippen LogP contribution in [-0.2, 0) is 0 Å². The van der Waals surface area contributed by atoms with Crippen LogP contribution in [0.1, 0.15) is 16.1 Å². The van der Waals surface area contributed by atoms with Crippen molar-refractivity contribution in [1.29, 1.82) is 0 Å². The molecule has 226 valence electrons. The fourth-order valence-electron chi connectivity index (χ4n) is 4.70. The van der Waals surface area contributed by atoms with E-state index < -0.39 is 17.5 Å². The third-order valence-corrected chi connectivity index (χ3v) is 6.83. The zero-order valence-corrected chi connectivity index (χ0v) is 24.6. The Bertz CT molecular complexity index is 2030. The Balaban J connectivity index is 0.00000400. The van der Waals surface area contributed by atoms with Crippen LogP contribution < -0.4 is 14.8 Å². The third-order valence-electron chi connectivity index (χ3n) is 6.83. The number of carbonyl (C=O) groups excluding carboxylic acids is 1. The van der Waals surface area contributed by atoms with Gasteiger partial charge in [0.2, 0.25) is 5.88 Å². The molecule has 1 amide bonds. The summed E-state index contributed by atoms with van der Waals surface area (Å²) in [5.74, 6) is -1.81. The molecule has 2 N–H and O–H groups in total. The molecule has 0 unspecified atom stereocenters. The highest BCUT2D eigenvalue weighted by molar-refractivity contribution is 6.07. The van der Waals surface area contributed by atoms with Gasteiger partial charge in [0, 0.05) is 65.0 Å². The summed E-state index contributed by atoms with van der Waals surface area (Å²) < 4.78 is 40.0. The zero-order valence-electron chi connectivity index (χ0n) is 23.8. The van der Waals surface area contributed by atoms with E-state index in [0.717, 1.165) is 11.6 Å². The van der Waals surface area contributed by atoms with E-state index in [9.17, 15) is 14.3 Å². The number of anilines is 1. The van der Waals surface area contributed by atoms with Crippen LogP contribution in [0.15, 0.2) is 91.5 Å². The fraction of sp³-hybridized carbons (Fsp3) is 0.0606. The molecule has 0 aliphatic rings. The molecule has 0 fully saturated rings. The molecule has 12 heteroatoms. The van der Waals surface area contributed by atoms with E-state index in [1.807, 2.05) is 6.07 Å². The van der Waals surface area contributed by atoms with Crippen molar-refractivity contribution in [3.63, 3.8) is 0 Å². The van der Waals surface area contributed by atoms with Crippen molar-refractivity contribution in [3.05, 3.63) is 114 Å². The van der Waals surface area contributed by atoms with Gasteiger partial charge in [-0.3, -0.25) is 19.7 Å². The number of rotatable bonds is 7. The second-order valence-corrected chi connectivity index (χ2v) is 9.65. The Morgan fingerprint density at radius 1 is 0.911 bits per heavy atom. The molecule has 0 bridgehead atoms. The van der Waals surface area contributed by atoms with E-state index in [0.29, 0.717) is 33.7 Å². The number of ether oxygens (including phenoxy) is 2. The van der Waals surface area contributed by atoms with Crippen molar-refractivity contribution in [2.75, 3.05) is 12.4 Å². The Labute approximate surface area is 262 Å². The number of halogens is 3. The molecule has 4 aromatic heterocycles. The molecular weight excluding hydrogens is 604 g/mol. The molecule has 0 saturated carbocycles. The standard InChI is InChI=1S/C33H23F2N5O4.ClH/c1-18-29(19-5-7-21(34)8-6-19)31(41)24(17-38-18)32(42)39-22-9-10-27(25(35)14-22)44-28-11-13-37-26-15-23(20-4-3-12-36-16-20)33(43-2)40-30(26)28;/h3-17H,1-2H3,(H,38,41)(H,39,42);1H. The molecule has 0 spiro atoms. The lowest BCUT2D eigenvalue weighted by Crippen LogP contribution is -2.13. The van der Waals surface area contributed by atoms with Crippen molar-refractivity contribution in [1.82, 2.24) is 19.9 Å². The Hall–Kier alpha value is -5.68. The maximum Gasteiger partial charge on any atom is 0.261 e. The van der Waals surface area contributed by atoms with Crippen molar-refractivity contribution in [3.8, 4) is 45.4 Å². The van der Waals surface area contributed by atoms with Gasteiger partial charge in [0.15, 0.2) is 17.3 Å². The minimum atomic E-state index is -0.759. The van der Waals surface area contributed by atoms with Crippen molar-refractivity contribution in [2.24, 2.45) is 0 Å². The zero-order chi connectivity index (χ0) is 30.8. The molecule has 6 rings (SSSR count). The van der Waals surface area contributed by atoms with Crippen molar-refractivity contribution in [2.45, 2.75) is 6.92 Å². The molecule has 0 aliphatic carbocycles. The summed E-state index contributed by atoms with van der Waals surface area (Å²) in [7, 11) is 1.49. The summed E-state index contributed by atoms with van der Waals surface area (Å²) in [5.41, 5.74) is 3.53. The van der Waals surface area contributed by atoms with Gasteiger partial charge in [0.05, 0.1) is 12.6 Å². The lowest BCUT2D eigenvalue weighted by molar-refractivity contribution is 0.102. The number of amides is 1. The molecule has 4 heterocycles. The second-order valence-electron chi connectivity index (χ2n) is 9.65. The highest BCUT2D eigenvalue weighted by atomic mass is 35.5. The molecule has 0 atom stereocenters. The summed E-state index contributed by atoms with van der Waals surface area (Å²) in [4.78, 5) is 30.4. The van der Waals surface area contributed by atoms with Gasteiger partial charge in [-0.2, -0.15) is 0 Å². The minimum Gasteiger partial charge on any atom is -0.506 e. The highest BCUT2D eigenvalue weighted by Gasteiger charge is 2.20. The molecular formula is C33H24ClF2N5O4. The van der Waals surface area contributed by atoms with Gasteiger partial charge in [-0.05, 0) is 48.9 Å². The van der Waals surface area contributed by atoms with Crippen LogP contribution in [0.2, 0.25) is 0 Å². The Kier molecular flexibility index (Phi) is 8.82. The van der Waals surface area contributed by atoms with Gasteiger partial charge in [0.1, 0.15) is 22.6 Å². The van der Waals surface area contributed by atoms with E-state index >= 15 is 4.39 Å². The molecule has 9 nitrogen and oxygen atoms in total. The van der Waals surface area contributed by atoms with Crippen LogP contribution in [-0.4, -0.2) is 38.1 Å². The predicted molar refractivity (Wildman–Crippen MR) is 167 cm³/mol. The molecule has 0 aliphatic heterocycles. The number of fused-ring (bicyclic) bond motifs is 1. The van der Waals surface area contributed by atoms with Gasteiger partial charge >= 0.3 is 0 Å². The molecule has 2 aromatic carbocycles. The summed E-state index contributed by atoms with van der Waals surface area (Å²) in [6.45, 7) is 1.66. The lowest BCUT2D eigenvalue weighted by atomic mass is 10.0. The number of methoxy groups -OCH3 is 1. The number of pyridine rings is 4. The first-order valence-corrected chi connectivity index (χ1v) is 13.3. The van der Waals surface area contributed by atoms with Crippen LogP contribution in [0.5, 0.6) is 23.1 Å². The largest absolute Gasteiger partial charge is 0.506 e. The first-order chi connectivity index (χ1) is 21.3. The fourth-order valence-corrected chi connectivity index (χ4v) is 4.70. The normalized spacial score (nSPS) is 10.7. The summed E-state index contributed by atoms with van der Waals surface area (Å²) in [6, 6.07) is 16.4. The maximum atomic E-state index is 15.2. The maximum absolute atomic E-state index is 15.2. The van der Waals surface area contributed by atoms with Gasteiger partial charge in [-0.25, -0.2) is 13.8 Å². The molecule has 45 heavy (non-hydrogen) atoms. The lowest BCUT2D eigenvalue weighted by Gasteiger charge is -2.14. The number of benzene rings is 2. The van der Waals surface area contributed by atoms with Crippen LogP contribution >= 0.6 is 12.4 Å². The van der Waals surface area contributed by atoms with Crippen LogP contribution in [0.4, 0.5) is 14.5 Å². The van der Waals surface area contributed by atoms with Crippen LogP contribution in [0.25, 0.3) is 33.3 Å². The number of hydrogen-bond acceptors (Lipinski definition) is 8. The summed E-state index contributed by atoms with van der Waals surface area (Å²) in [6.07, 6.45) is 6.09. The van der Waals surface area contributed by atoms with E-state index in [1.165, 1.54) is 55.9 Å². The monoisotopic (exact) mass is 627 g/mol. The van der Waals surface area contributed by atoms with Crippen LogP contribution in [0, 0.1) is 18.6 Å². The number of aromatic hydroxyl groups is 1. The third kappa shape index (κ3) is 6.20. The SMILES string of the molecule is COc1nc2c(Oc3ccc(NC(=O)c4cnc(C)c(-c5ccc(F)cc5)c4O)cc3F)ccnc2cc1-c1cccnc1.Cl. The van der Waals surface area contributed by atoms with Gasteiger partial charge < -0.3 is 19.9 Å². The van der Waals surface area contributed by atoms with Gasteiger partial charge in [-0.15, -0.1) is 12.4 Å². The first kappa shape index (κ1) is 30.8. The topological polar surface area (TPSA) is 119 Å².